The molecule has 0 spiro atoms. The molecule has 228 valence electrons. The summed E-state index contributed by atoms with van der Waals surface area (Å²) in [6.45, 7) is 6.92. The summed E-state index contributed by atoms with van der Waals surface area (Å²) >= 11 is 0. The minimum Gasteiger partial charge on any atom is -0.478 e. The number of rotatable bonds is 4. The van der Waals surface area contributed by atoms with Crippen LogP contribution in [0.4, 0.5) is 0 Å². The Morgan fingerprint density at radius 3 is 2.54 bits per heavy atom. The molecule has 0 radical (unpaired) electrons. The van der Waals surface area contributed by atoms with E-state index in [1.54, 1.807) is 30.5 Å². The number of carboxylic acid groups (broad SMARTS) is 1. The third-order valence-electron chi connectivity index (χ3n) is 9.35. The van der Waals surface area contributed by atoms with Crippen molar-refractivity contribution >= 4 is 38.4 Å². The molecule has 7 aromatic rings. The van der Waals surface area contributed by atoms with Gasteiger partial charge in [0.2, 0.25) is 0 Å². The lowest BCUT2D eigenvalue weighted by Gasteiger charge is -2.41. The van der Waals surface area contributed by atoms with Gasteiger partial charge in [-0.3, -0.25) is 4.98 Å². The molecule has 46 heavy (non-hydrogen) atoms. The average molecular weight is 606 g/mol. The number of carboxylic acids is 1. The van der Waals surface area contributed by atoms with Crippen LogP contribution in [0.1, 0.15) is 59.6 Å². The Hall–Kier alpha value is -5.43. The normalized spacial score (nSPS) is 15.3. The van der Waals surface area contributed by atoms with Gasteiger partial charge in [-0.25, -0.2) is 4.79 Å². The molecule has 1 aliphatic rings. The van der Waals surface area contributed by atoms with E-state index in [1.807, 2.05) is 10.7 Å². The van der Waals surface area contributed by atoms with Gasteiger partial charge in [-0.15, -0.1) is 5.10 Å². The van der Waals surface area contributed by atoms with Gasteiger partial charge >= 0.3 is 5.97 Å². The fraction of sp³-hybridized carbons (Fsp3) is 0.205. The summed E-state index contributed by atoms with van der Waals surface area (Å²) in [5, 5.41) is 27.3. The number of tetrazole rings is 1. The monoisotopic (exact) mass is 605 g/mol. The molecule has 7 heteroatoms. The summed E-state index contributed by atoms with van der Waals surface area (Å²) in [5.41, 5.74) is 6.64. The topological polar surface area (TPSA) is 93.8 Å². The van der Waals surface area contributed by atoms with Crippen LogP contribution in [0.5, 0.6) is 0 Å². The molecule has 1 unspecified atom stereocenters. The van der Waals surface area contributed by atoms with E-state index < -0.39 is 5.97 Å². The molecule has 0 saturated carbocycles. The van der Waals surface area contributed by atoms with E-state index in [0.29, 0.717) is 11.5 Å². The number of aryl methyl sites for hydroxylation is 1. The number of aromatic carboxylic acids is 1. The maximum atomic E-state index is 10.6. The molecular weight excluding hydrogens is 570 g/mol. The second-order valence-corrected chi connectivity index (χ2v) is 12.7. The van der Waals surface area contributed by atoms with Crippen molar-refractivity contribution in [1.29, 1.82) is 0 Å². The number of carbonyl (C=O) groups is 1. The van der Waals surface area contributed by atoms with Crippen molar-refractivity contribution < 1.29 is 9.90 Å². The van der Waals surface area contributed by atoms with E-state index in [0.717, 1.165) is 41.7 Å². The Morgan fingerprint density at radius 1 is 0.870 bits per heavy atom. The standard InChI is InChI=1S/C29H28N4.C10H7NO2/c1-4-28-30-31-32-33(28)22-10-7-9-21(16-22)27-17-20-13-15-24-23-11-6-5-8-19(23)12-14-25(24)26(20)18-29(27,2)3;12-10(13)8-3-4-9-7(6-8)2-1-5-11-9/h5-16,27H,4,17-18H2,1-3H3;1-6H,(H,12,13). The molecule has 0 aliphatic heterocycles. The summed E-state index contributed by atoms with van der Waals surface area (Å²) in [5.74, 6) is 0.411. The quantitative estimate of drug-likeness (QED) is 0.203. The van der Waals surface area contributed by atoms with Gasteiger partial charge in [0.15, 0.2) is 5.82 Å². The first-order valence-electron chi connectivity index (χ1n) is 15.7. The molecule has 1 aliphatic carbocycles. The van der Waals surface area contributed by atoms with Crippen molar-refractivity contribution in [2.45, 2.75) is 46.0 Å². The molecule has 7 nitrogen and oxygen atoms in total. The van der Waals surface area contributed by atoms with Gasteiger partial charge in [0.1, 0.15) is 0 Å². The number of hydrogen-bond acceptors (Lipinski definition) is 5. The zero-order valence-corrected chi connectivity index (χ0v) is 26.2. The van der Waals surface area contributed by atoms with Crippen LogP contribution in [0.2, 0.25) is 0 Å². The molecule has 0 saturated heterocycles. The van der Waals surface area contributed by atoms with Gasteiger partial charge in [0.05, 0.1) is 16.8 Å². The molecular formula is C39H35N5O2. The minimum absolute atomic E-state index is 0.139. The predicted molar refractivity (Wildman–Crippen MR) is 183 cm³/mol. The first-order chi connectivity index (χ1) is 22.3. The van der Waals surface area contributed by atoms with E-state index in [9.17, 15) is 4.79 Å². The minimum atomic E-state index is -0.911. The molecule has 0 fully saturated rings. The van der Waals surface area contributed by atoms with Crippen molar-refractivity contribution in [3.63, 3.8) is 0 Å². The van der Waals surface area contributed by atoms with E-state index in [4.69, 9.17) is 5.11 Å². The Balaban J connectivity index is 0.000000218. The molecule has 2 aromatic heterocycles. The molecule has 0 amide bonds. The highest BCUT2D eigenvalue weighted by Gasteiger charge is 2.37. The molecule has 1 atom stereocenters. The molecule has 1 N–H and O–H groups in total. The van der Waals surface area contributed by atoms with Crippen LogP contribution in [-0.4, -0.2) is 36.3 Å². The molecule has 2 heterocycles. The van der Waals surface area contributed by atoms with E-state index in [1.165, 1.54) is 38.2 Å². The second-order valence-electron chi connectivity index (χ2n) is 12.7. The van der Waals surface area contributed by atoms with Crippen LogP contribution in [-0.2, 0) is 19.3 Å². The Bertz CT molecular complexity index is 2240. The lowest BCUT2D eigenvalue weighted by atomic mass is 9.63. The van der Waals surface area contributed by atoms with Gasteiger partial charge in [0, 0.05) is 18.0 Å². The zero-order valence-electron chi connectivity index (χ0n) is 26.2. The maximum Gasteiger partial charge on any atom is 0.335 e. The lowest BCUT2D eigenvalue weighted by molar-refractivity contribution is 0.0697. The van der Waals surface area contributed by atoms with E-state index in [2.05, 4.69) is 114 Å². The summed E-state index contributed by atoms with van der Waals surface area (Å²) in [4.78, 5) is 14.7. The van der Waals surface area contributed by atoms with Crippen LogP contribution < -0.4 is 0 Å². The van der Waals surface area contributed by atoms with Crippen molar-refractivity contribution in [2.24, 2.45) is 5.41 Å². The Kier molecular flexibility index (Phi) is 7.53. The van der Waals surface area contributed by atoms with Crippen LogP contribution in [0.15, 0.2) is 109 Å². The van der Waals surface area contributed by atoms with Crippen LogP contribution in [0.25, 0.3) is 38.1 Å². The first-order valence-corrected chi connectivity index (χ1v) is 15.7. The third kappa shape index (κ3) is 5.38. The molecule has 5 aromatic carbocycles. The van der Waals surface area contributed by atoms with Crippen LogP contribution >= 0.6 is 0 Å². The fourth-order valence-corrected chi connectivity index (χ4v) is 6.95. The van der Waals surface area contributed by atoms with Gasteiger partial charge < -0.3 is 5.11 Å². The summed E-state index contributed by atoms with van der Waals surface area (Å²) < 4.78 is 1.87. The first kappa shape index (κ1) is 29.3. The Morgan fingerprint density at radius 2 is 1.70 bits per heavy atom. The van der Waals surface area contributed by atoms with Gasteiger partial charge in [-0.1, -0.05) is 87.5 Å². The summed E-state index contributed by atoms with van der Waals surface area (Å²) in [6, 6.07) is 35.3. The van der Waals surface area contributed by atoms with Crippen molar-refractivity contribution in [2.75, 3.05) is 0 Å². The molecule has 8 rings (SSSR count). The van der Waals surface area contributed by atoms with E-state index in [-0.39, 0.29) is 5.41 Å². The van der Waals surface area contributed by atoms with Crippen molar-refractivity contribution in [1.82, 2.24) is 25.2 Å². The highest BCUT2D eigenvalue weighted by Crippen LogP contribution is 2.48. The summed E-state index contributed by atoms with van der Waals surface area (Å²) in [6.07, 6.45) is 4.60. The summed E-state index contributed by atoms with van der Waals surface area (Å²) in [7, 11) is 0. The largest absolute Gasteiger partial charge is 0.478 e. The SMILES string of the molecule is CCc1nnnn1-c1cccc(C2Cc3ccc4c(ccc5ccccc54)c3CC2(C)C)c1.O=C(O)c1ccc2ncccc2c1. The zero-order chi connectivity index (χ0) is 31.8. The van der Waals surface area contributed by atoms with Crippen LogP contribution in [0, 0.1) is 5.41 Å². The number of fused-ring (bicyclic) bond motifs is 6. The van der Waals surface area contributed by atoms with Crippen LogP contribution in [0.3, 0.4) is 0 Å². The highest BCUT2D eigenvalue weighted by molar-refractivity contribution is 6.08. The van der Waals surface area contributed by atoms with Crippen molar-refractivity contribution in [3.8, 4) is 5.69 Å². The number of hydrogen-bond donors (Lipinski definition) is 1. The lowest BCUT2D eigenvalue weighted by Crippen LogP contribution is -2.31. The molecule has 0 bridgehead atoms. The Labute approximate surface area is 267 Å². The second kappa shape index (κ2) is 11.8. The maximum absolute atomic E-state index is 10.6. The number of benzene rings is 5. The number of aromatic nitrogens is 5. The average Bonchev–Trinajstić information content (AvgIpc) is 3.57. The van der Waals surface area contributed by atoms with Crippen molar-refractivity contribution in [3.05, 3.63) is 137 Å². The number of nitrogens with zero attached hydrogens (tertiary/aromatic N) is 5. The van der Waals surface area contributed by atoms with Gasteiger partial charge in [0.25, 0.3) is 0 Å². The van der Waals surface area contributed by atoms with Gasteiger partial charge in [-0.05, 0) is 109 Å². The highest BCUT2D eigenvalue weighted by atomic mass is 16.4. The number of pyridine rings is 1. The van der Waals surface area contributed by atoms with Gasteiger partial charge in [-0.2, -0.15) is 4.68 Å². The fourth-order valence-electron chi connectivity index (χ4n) is 6.95. The predicted octanol–water partition coefficient (Wildman–Crippen LogP) is 8.37. The smallest absolute Gasteiger partial charge is 0.335 e. The third-order valence-corrected chi connectivity index (χ3v) is 9.35. The van der Waals surface area contributed by atoms with E-state index >= 15 is 0 Å².